The summed E-state index contributed by atoms with van der Waals surface area (Å²) in [6.07, 6.45) is 0.976. The van der Waals surface area contributed by atoms with Gasteiger partial charge >= 0.3 is 0 Å². The first kappa shape index (κ1) is 20.8. The summed E-state index contributed by atoms with van der Waals surface area (Å²) in [5.74, 6) is 0.423. The zero-order valence-corrected chi connectivity index (χ0v) is 17.4. The molecule has 1 saturated heterocycles. The number of quaternary nitrogens is 1. The van der Waals surface area contributed by atoms with Gasteiger partial charge in [-0.15, -0.1) is 0 Å². The predicted octanol–water partition coefficient (Wildman–Crippen LogP) is 2.27. The maximum absolute atomic E-state index is 12.5. The molecule has 1 aliphatic heterocycles. The fourth-order valence-electron chi connectivity index (χ4n) is 3.98. The van der Waals surface area contributed by atoms with Gasteiger partial charge < -0.3 is 15.0 Å². The second-order valence-corrected chi connectivity index (χ2v) is 7.93. The molecule has 2 atom stereocenters. The molecule has 1 unspecified atom stereocenters. The molecular weight excluding hydrogens is 388 g/mol. The standard InChI is InChI=1S/C26H26N2O3/c29-25(27-23-15-16-28(18-23)17-20-7-3-1-4-8-20)19-31-24-13-11-22(12-14-24)26(30)21-9-5-2-6-10-21/h1-14,23H,15-19H2,(H,27,29)/p+1/t23-/m1/s1. The fraction of sp³-hybridized carbons (Fsp3) is 0.231. The van der Waals surface area contributed by atoms with Gasteiger partial charge in [0.05, 0.1) is 19.1 Å². The Morgan fingerprint density at radius 2 is 1.52 bits per heavy atom. The number of benzene rings is 3. The van der Waals surface area contributed by atoms with Crippen LogP contribution in [0.5, 0.6) is 5.75 Å². The summed E-state index contributed by atoms with van der Waals surface area (Å²) < 4.78 is 5.61. The number of carbonyl (C=O) groups excluding carboxylic acids is 2. The second-order valence-electron chi connectivity index (χ2n) is 7.93. The molecule has 0 radical (unpaired) electrons. The summed E-state index contributed by atoms with van der Waals surface area (Å²) in [4.78, 5) is 26.2. The van der Waals surface area contributed by atoms with Gasteiger partial charge in [0.1, 0.15) is 12.3 Å². The molecule has 2 N–H and O–H groups in total. The van der Waals surface area contributed by atoms with Crippen LogP contribution in [0, 0.1) is 0 Å². The molecule has 0 bridgehead atoms. The number of ketones is 1. The van der Waals surface area contributed by atoms with Crippen molar-refractivity contribution in [2.45, 2.75) is 19.0 Å². The normalized spacial score (nSPS) is 17.8. The Morgan fingerprint density at radius 3 is 2.23 bits per heavy atom. The highest BCUT2D eigenvalue weighted by Crippen LogP contribution is 2.15. The number of amides is 1. The van der Waals surface area contributed by atoms with Gasteiger partial charge in [-0.2, -0.15) is 0 Å². The van der Waals surface area contributed by atoms with Gasteiger partial charge in [0.15, 0.2) is 12.4 Å². The third-order valence-electron chi connectivity index (χ3n) is 5.57. The van der Waals surface area contributed by atoms with E-state index in [9.17, 15) is 9.59 Å². The first-order chi connectivity index (χ1) is 15.2. The highest BCUT2D eigenvalue weighted by atomic mass is 16.5. The van der Waals surface area contributed by atoms with Crippen LogP contribution in [0.3, 0.4) is 0 Å². The van der Waals surface area contributed by atoms with E-state index in [-0.39, 0.29) is 24.3 Å². The van der Waals surface area contributed by atoms with Crippen molar-refractivity contribution in [3.05, 3.63) is 102 Å². The van der Waals surface area contributed by atoms with E-state index < -0.39 is 0 Å². The molecule has 0 aromatic heterocycles. The Morgan fingerprint density at radius 1 is 0.871 bits per heavy atom. The molecule has 5 heteroatoms. The molecule has 1 heterocycles. The average Bonchev–Trinajstić information content (AvgIpc) is 3.25. The Hall–Kier alpha value is -3.44. The average molecular weight is 416 g/mol. The van der Waals surface area contributed by atoms with Gasteiger partial charge in [-0.25, -0.2) is 0 Å². The molecule has 31 heavy (non-hydrogen) atoms. The van der Waals surface area contributed by atoms with Crippen LogP contribution in [0.15, 0.2) is 84.9 Å². The second kappa shape index (κ2) is 10.0. The van der Waals surface area contributed by atoms with Gasteiger partial charge in [0.2, 0.25) is 0 Å². The Labute approximate surface area is 182 Å². The van der Waals surface area contributed by atoms with Gasteiger partial charge in [0, 0.05) is 23.1 Å². The smallest absolute Gasteiger partial charge is 0.258 e. The van der Waals surface area contributed by atoms with Crippen molar-refractivity contribution in [2.24, 2.45) is 0 Å². The van der Waals surface area contributed by atoms with Crippen LogP contribution in [0.4, 0.5) is 0 Å². The third kappa shape index (κ3) is 5.80. The van der Waals surface area contributed by atoms with E-state index in [1.807, 2.05) is 24.3 Å². The van der Waals surface area contributed by atoms with Crippen molar-refractivity contribution in [3.8, 4) is 5.75 Å². The van der Waals surface area contributed by atoms with Gasteiger partial charge in [0.25, 0.3) is 5.91 Å². The molecule has 3 aromatic rings. The Balaban J connectivity index is 1.21. The number of hydrogen-bond acceptors (Lipinski definition) is 3. The van der Waals surface area contributed by atoms with Gasteiger partial charge in [-0.3, -0.25) is 9.59 Å². The molecule has 0 aliphatic carbocycles. The quantitative estimate of drug-likeness (QED) is 0.555. The SMILES string of the molecule is O=C(COc1ccc(C(=O)c2ccccc2)cc1)N[C@@H]1CC[NH+](Cc2ccccc2)C1. The molecule has 158 valence electrons. The van der Waals surface area contributed by atoms with E-state index in [0.717, 1.165) is 26.1 Å². The van der Waals surface area contributed by atoms with Gasteiger partial charge in [-0.1, -0.05) is 60.7 Å². The molecule has 0 spiro atoms. The highest BCUT2D eigenvalue weighted by molar-refractivity contribution is 6.08. The van der Waals surface area contributed by atoms with Crippen molar-refractivity contribution in [3.63, 3.8) is 0 Å². The summed E-state index contributed by atoms with van der Waals surface area (Å²) in [5.41, 5.74) is 2.56. The predicted molar refractivity (Wildman–Crippen MR) is 119 cm³/mol. The third-order valence-corrected chi connectivity index (χ3v) is 5.57. The van der Waals surface area contributed by atoms with E-state index in [1.165, 1.54) is 10.5 Å². The molecular formula is C26H27N2O3+. The number of nitrogens with one attached hydrogen (secondary N) is 2. The van der Waals surface area contributed by atoms with Gasteiger partial charge in [-0.05, 0) is 24.3 Å². The lowest BCUT2D eigenvalue weighted by molar-refractivity contribution is -0.901. The largest absolute Gasteiger partial charge is 0.484 e. The first-order valence-corrected chi connectivity index (χ1v) is 10.7. The van der Waals surface area contributed by atoms with Crippen LogP contribution in [0.2, 0.25) is 0 Å². The lowest BCUT2D eigenvalue weighted by Crippen LogP contribution is -3.09. The minimum Gasteiger partial charge on any atom is -0.484 e. The van der Waals surface area contributed by atoms with E-state index in [4.69, 9.17) is 4.74 Å². The summed E-state index contributed by atoms with van der Waals surface area (Å²) in [6, 6.07) is 26.7. The number of ether oxygens (including phenoxy) is 1. The first-order valence-electron chi connectivity index (χ1n) is 10.7. The van der Waals surface area contributed by atoms with Crippen LogP contribution in [-0.2, 0) is 11.3 Å². The lowest BCUT2D eigenvalue weighted by Gasteiger charge is -2.14. The molecule has 3 aromatic carbocycles. The van der Waals surface area contributed by atoms with E-state index in [0.29, 0.717) is 16.9 Å². The van der Waals surface area contributed by atoms with E-state index in [2.05, 4.69) is 29.6 Å². The topological polar surface area (TPSA) is 59.8 Å². The Bertz CT molecular complexity index is 1000. The van der Waals surface area contributed by atoms with Crippen molar-refractivity contribution in [2.75, 3.05) is 19.7 Å². The summed E-state index contributed by atoms with van der Waals surface area (Å²) in [7, 11) is 0. The number of carbonyl (C=O) groups is 2. The molecule has 1 fully saturated rings. The number of hydrogen-bond donors (Lipinski definition) is 2. The zero-order valence-electron chi connectivity index (χ0n) is 17.4. The van der Waals surface area contributed by atoms with Crippen molar-refractivity contribution in [1.82, 2.24) is 5.32 Å². The van der Waals surface area contributed by atoms with Crippen LogP contribution in [-0.4, -0.2) is 37.4 Å². The number of likely N-dealkylation sites (tertiary alicyclic amines) is 1. The number of rotatable bonds is 8. The summed E-state index contributed by atoms with van der Waals surface area (Å²) >= 11 is 0. The van der Waals surface area contributed by atoms with E-state index >= 15 is 0 Å². The minimum atomic E-state index is -0.115. The maximum atomic E-state index is 12.5. The highest BCUT2D eigenvalue weighted by Gasteiger charge is 2.27. The molecule has 0 saturated carbocycles. The molecule has 4 rings (SSSR count). The summed E-state index contributed by atoms with van der Waals surface area (Å²) in [6.45, 7) is 2.93. The van der Waals surface area contributed by atoms with Crippen LogP contribution < -0.4 is 15.0 Å². The van der Waals surface area contributed by atoms with Crippen molar-refractivity contribution in [1.29, 1.82) is 0 Å². The molecule has 1 amide bonds. The van der Waals surface area contributed by atoms with Crippen LogP contribution >= 0.6 is 0 Å². The van der Waals surface area contributed by atoms with Crippen molar-refractivity contribution < 1.29 is 19.2 Å². The minimum absolute atomic E-state index is 0.0313. The lowest BCUT2D eigenvalue weighted by atomic mass is 10.0. The zero-order chi connectivity index (χ0) is 21.5. The monoisotopic (exact) mass is 415 g/mol. The van der Waals surface area contributed by atoms with Crippen molar-refractivity contribution >= 4 is 11.7 Å². The summed E-state index contributed by atoms with van der Waals surface area (Å²) in [5, 5.41) is 3.08. The van der Waals surface area contributed by atoms with E-state index in [1.54, 1.807) is 36.4 Å². The Kier molecular flexibility index (Phi) is 6.75. The maximum Gasteiger partial charge on any atom is 0.258 e. The fourth-order valence-corrected chi connectivity index (χ4v) is 3.98. The van der Waals surface area contributed by atoms with Crippen LogP contribution in [0.25, 0.3) is 0 Å². The molecule has 5 nitrogen and oxygen atoms in total. The molecule has 1 aliphatic rings. The van der Waals surface area contributed by atoms with Crippen LogP contribution in [0.1, 0.15) is 27.9 Å².